The van der Waals surface area contributed by atoms with Crippen LogP contribution in [0.2, 0.25) is 0 Å². The maximum atomic E-state index is 12.5. The number of carbonyl (C=O) groups is 1. The molecule has 24 heavy (non-hydrogen) atoms. The molecule has 2 aromatic carbocycles. The molecule has 1 aliphatic heterocycles. The van der Waals surface area contributed by atoms with Gasteiger partial charge in [-0.15, -0.1) is 23.5 Å². The Morgan fingerprint density at radius 2 is 1.96 bits per heavy atom. The Morgan fingerprint density at radius 3 is 2.71 bits per heavy atom. The summed E-state index contributed by atoms with van der Waals surface area (Å²) in [6, 6.07) is 13.7. The number of methoxy groups -OCH3 is 1. The van der Waals surface area contributed by atoms with Crippen LogP contribution in [-0.2, 0) is 0 Å². The number of benzene rings is 2. The molecule has 0 aliphatic carbocycles. The van der Waals surface area contributed by atoms with Gasteiger partial charge in [0, 0.05) is 11.3 Å². The predicted molar refractivity (Wildman–Crippen MR) is 104 cm³/mol. The van der Waals surface area contributed by atoms with Gasteiger partial charge in [0.25, 0.3) is 5.91 Å². The monoisotopic (exact) mass is 359 g/mol. The number of aryl methyl sites for hydroxylation is 1. The topological polar surface area (TPSA) is 38.3 Å². The van der Waals surface area contributed by atoms with E-state index in [0.29, 0.717) is 10.1 Å². The minimum atomic E-state index is -0.116. The van der Waals surface area contributed by atoms with Crippen molar-refractivity contribution in [2.24, 2.45) is 0 Å². The van der Waals surface area contributed by atoms with E-state index < -0.39 is 0 Å². The second kappa shape index (κ2) is 7.99. The van der Waals surface area contributed by atoms with E-state index in [4.69, 9.17) is 4.74 Å². The molecular weight excluding hydrogens is 338 g/mol. The van der Waals surface area contributed by atoms with Crippen molar-refractivity contribution in [3.63, 3.8) is 0 Å². The molecule has 1 amide bonds. The van der Waals surface area contributed by atoms with Crippen LogP contribution in [-0.4, -0.2) is 24.5 Å². The molecule has 0 saturated carbocycles. The third-order valence-electron chi connectivity index (χ3n) is 3.91. The SMILES string of the molecule is COc1cc(C(=O)Nc2cccc(C3SCCCS3)c2)ccc1C. The van der Waals surface area contributed by atoms with Gasteiger partial charge in [0.1, 0.15) is 5.75 Å². The number of amides is 1. The van der Waals surface area contributed by atoms with E-state index in [1.165, 1.54) is 23.5 Å². The Kier molecular flexibility index (Phi) is 5.74. The van der Waals surface area contributed by atoms with Gasteiger partial charge in [-0.05, 0) is 60.2 Å². The van der Waals surface area contributed by atoms with E-state index in [1.54, 1.807) is 13.2 Å². The van der Waals surface area contributed by atoms with Crippen LogP contribution >= 0.6 is 23.5 Å². The smallest absolute Gasteiger partial charge is 0.255 e. The van der Waals surface area contributed by atoms with Gasteiger partial charge in [-0.25, -0.2) is 0 Å². The van der Waals surface area contributed by atoms with Gasteiger partial charge in [0.15, 0.2) is 0 Å². The molecule has 5 heteroatoms. The summed E-state index contributed by atoms with van der Waals surface area (Å²) in [5, 5.41) is 3.00. The number of anilines is 1. The highest BCUT2D eigenvalue weighted by Crippen LogP contribution is 2.44. The minimum absolute atomic E-state index is 0.116. The summed E-state index contributed by atoms with van der Waals surface area (Å²) in [6.07, 6.45) is 1.28. The Morgan fingerprint density at radius 1 is 1.17 bits per heavy atom. The fraction of sp³-hybridized carbons (Fsp3) is 0.316. The highest BCUT2D eigenvalue weighted by atomic mass is 32.2. The quantitative estimate of drug-likeness (QED) is 0.822. The first-order valence-electron chi connectivity index (χ1n) is 7.96. The highest BCUT2D eigenvalue weighted by molar-refractivity contribution is 8.16. The summed E-state index contributed by atoms with van der Waals surface area (Å²) < 4.78 is 5.77. The Hall–Kier alpha value is -1.59. The predicted octanol–water partition coefficient (Wildman–Crippen LogP) is 5.12. The molecular formula is C19H21NO2S2. The maximum absolute atomic E-state index is 12.5. The molecule has 126 valence electrons. The van der Waals surface area contributed by atoms with Gasteiger partial charge < -0.3 is 10.1 Å². The molecule has 3 nitrogen and oxygen atoms in total. The summed E-state index contributed by atoms with van der Waals surface area (Å²) >= 11 is 3.96. The molecule has 0 unspecified atom stereocenters. The molecule has 1 fully saturated rings. The van der Waals surface area contributed by atoms with Crippen LogP contribution in [0.25, 0.3) is 0 Å². The zero-order chi connectivity index (χ0) is 16.9. The molecule has 0 spiro atoms. The van der Waals surface area contributed by atoms with Crippen molar-refractivity contribution < 1.29 is 9.53 Å². The lowest BCUT2D eigenvalue weighted by atomic mass is 10.1. The van der Waals surface area contributed by atoms with Crippen molar-refractivity contribution in [3.05, 3.63) is 59.2 Å². The van der Waals surface area contributed by atoms with Crippen LogP contribution in [0, 0.1) is 6.92 Å². The van der Waals surface area contributed by atoms with E-state index >= 15 is 0 Å². The Balaban J connectivity index is 1.74. The van der Waals surface area contributed by atoms with Crippen molar-refractivity contribution in [1.29, 1.82) is 0 Å². The van der Waals surface area contributed by atoms with Gasteiger partial charge in [0.2, 0.25) is 0 Å². The number of nitrogens with one attached hydrogen (secondary N) is 1. The number of hydrogen-bond acceptors (Lipinski definition) is 4. The third-order valence-corrected chi connectivity index (χ3v) is 6.93. The van der Waals surface area contributed by atoms with Crippen molar-refractivity contribution in [1.82, 2.24) is 0 Å². The van der Waals surface area contributed by atoms with Gasteiger partial charge in [-0.2, -0.15) is 0 Å². The lowest BCUT2D eigenvalue weighted by Gasteiger charge is -2.21. The normalized spacial score (nSPS) is 15.1. The van der Waals surface area contributed by atoms with E-state index in [0.717, 1.165) is 17.0 Å². The lowest BCUT2D eigenvalue weighted by Crippen LogP contribution is -2.12. The lowest BCUT2D eigenvalue weighted by molar-refractivity contribution is 0.102. The molecule has 2 aromatic rings. The van der Waals surface area contributed by atoms with Gasteiger partial charge >= 0.3 is 0 Å². The summed E-state index contributed by atoms with van der Waals surface area (Å²) in [6.45, 7) is 1.96. The van der Waals surface area contributed by atoms with Crippen LogP contribution in [0.3, 0.4) is 0 Å². The fourth-order valence-electron chi connectivity index (χ4n) is 2.61. The number of thioether (sulfide) groups is 2. The molecule has 1 heterocycles. The molecule has 3 rings (SSSR count). The molecule has 0 atom stereocenters. The van der Waals surface area contributed by atoms with Crippen molar-refractivity contribution in [2.45, 2.75) is 17.9 Å². The summed E-state index contributed by atoms with van der Waals surface area (Å²) in [7, 11) is 1.62. The van der Waals surface area contributed by atoms with E-state index in [1.807, 2.05) is 54.7 Å². The Labute approximate surface area is 151 Å². The average molecular weight is 360 g/mol. The zero-order valence-electron chi connectivity index (χ0n) is 13.9. The summed E-state index contributed by atoms with van der Waals surface area (Å²) in [5.41, 5.74) is 3.72. The Bertz CT molecular complexity index is 727. The van der Waals surface area contributed by atoms with E-state index in [-0.39, 0.29) is 5.91 Å². The average Bonchev–Trinajstić information content (AvgIpc) is 2.63. The molecule has 1 aliphatic rings. The van der Waals surface area contributed by atoms with Crippen molar-refractivity contribution in [3.8, 4) is 5.75 Å². The van der Waals surface area contributed by atoms with Gasteiger partial charge in [0.05, 0.1) is 11.7 Å². The highest BCUT2D eigenvalue weighted by Gasteiger charge is 2.17. The van der Waals surface area contributed by atoms with Gasteiger partial charge in [-0.1, -0.05) is 18.2 Å². The van der Waals surface area contributed by atoms with Crippen LogP contribution < -0.4 is 10.1 Å². The van der Waals surface area contributed by atoms with Crippen LogP contribution in [0.4, 0.5) is 5.69 Å². The first-order valence-corrected chi connectivity index (χ1v) is 10.1. The first-order chi connectivity index (χ1) is 11.7. The molecule has 1 saturated heterocycles. The second-order valence-electron chi connectivity index (χ2n) is 5.69. The van der Waals surface area contributed by atoms with Crippen molar-refractivity contribution >= 4 is 35.1 Å². The second-order valence-corrected chi connectivity index (χ2v) is 8.42. The van der Waals surface area contributed by atoms with Crippen molar-refractivity contribution in [2.75, 3.05) is 23.9 Å². The third kappa shape index (κ3) is 4.08. The number of carbonyl (C=O) groups excluding carboxylic acids is 1. The van der Waals surface area contributed by atoms with Crippen LogP contribution in [0.5, 0.6) is 5.75 Å². The standard InChI is InChI=1S/C19H21NO2S2/c1-13-7-8-14(12-17(13)22-2)18(21)20-16-6-3-5-15(11-16)19-23-9-4-10-24-19/h3,5-8,11-12,19H,4,9-10H2,1-2H3,(H,20,21). The largest absolute Gasteiger partial charge is 0.496 e. The molecule has 1 N–H and O–H groups in total. The number of hydrogen-bond donors (Lipinski definition) is 1. The van der Waals surface area contributed by atoms with Crippen LogP contribution in [0.1, 0.15) is 32.5 Å². The number of ether oxygens (including phenoxy) is 1. The molecule has 0 aromatic heterocycles. The molecule has 0 radical (unpaired) electrons. The zero-order valence-corrected chi connectivity index (χ0v) is 15.5. The number of rotatable bonds is 4. The fourth-order valence-corrected chi connectivity index (χ4v) is 5.48. The summed E-state index contributed by atoms with van der Waals surface area (Å²) in [5.74, 6) is 3.02. The first kappa shape index (κ1) is 17.2. The van der Waals surface area contributed by atoms with Crippen LogP contribution in [0.15, 0.2) is 42.5 Å². The van der Waals surface area contributed by atoms with E-state index in [2.05, 4.69) is 17.4 Å². The maximum Gasteiger partial charge on any atom is 0.255 e. The molecule has 0 bridgehead atoms. The van der Waals surface area contributed by atoms with E-state index in [9.17, 15) is 4.79 Å². The summed E-state index contributed by atoms with van der Waals surface area (Å²) in [4.78, 5) is 12.5. The minimum Gasteiger partial charge on any atom is -0.496 e. The van der Waals surface area contributed by atoms with Gasteiger partial charge in [-0.3, -0.25) is 4.79 Å².